The van der Waals surface area contributed by atoms with Gasteiger partial charge in [-0.3, -0.25) is 9.59 Å². The van der Waals surface area contributed by atoms with Gasteiger partial charge in [0.2, 0.25) is 0 Å². The quantitative estimate of drug-likeness (QED) is 0.460. The summed E-state index contributed by atoms with van der Waals surface area (Å²) in [7, 11) is 0. The van der Waals surface area contributed by atoms with Crippen LogP contribution < -0.4 is 14.8 Å². The Morgan fingerprint density at radius 3 is 2.40 bits per heavy atom. The number of esters is 1. The minimum atomic E-state index is -0.496. The van der Waals surface area contributed by atoms with E-state index in [-0.39, 0.29) is 18.8 Å². The lowest BCUT2D eigenvalue weighted by atomic mass is 10.3. The molecule has 7 nitrogen and oxygen atoms in total. The van der Waals surface area contributed by atoms with Crippen molar-refractivity contribution >= 4 is 11.9 Å². The average Bonchev–Trinajstić information content (AvgIpc) is 2.60. The van der Waals surface area contributed by atoms with E-state index in [4.69, 9.17) is 14.2 Å². The van der Waals surface area contributed by atoms with Crippen molar-refractivity contribution in [3.63, 3.8) is 0 Å². The Labute approximate surface area is 149 Å². The Hall–Kier alpha value is -2.31. The summed E-state index contributed by atoms with van der Waals surface area (Å²) in [5.74, 6) is -0.0748. The van der Waals surface area contributed by atoms with Crippen molar-refractivity contribution in [1.29, 1.82) is 0 Å². The Kier molecular flexibility index (Phi) is 10.0. The number of ether oxygens (including phenoxy) is 3. The number of aromatic nitrogens is 1. The third-order valence-corrected chi connectivity index (χ3v) is 3.26. The summed E-state index contributed by atoms with van der Waals surface area (Å²) in [5, 5.41) is 2.49. The van der Waals surface area contributed by atoms with Crippen molar-refractivity contribution in [3.8, 4) is 11.5 Å². The van der Waals surface area contributed by atoms with Crippen molar-refractivity contribution in [2.24, 2.45) is 0 Å². The summed E-state index contributed by atoms with van der Waals surface area (Å²) in [4.78, 5) is 27.8. The molecule has 0 saturated carbocycles. The van der Waals surface area contributed by atoms with E-state index in [1.165, 1.54) is 6.20 Å². The summed E-state index contributed by atoms with van der Waals surface area (Å²) < 4.78 is 16.1. The fraction of sp³-hybridized carbons (Fsp3) is 0.611. The van der Waals surface area contributed by atoms with Crippen LogP contribution in [0.4, 0.5) is 0 Å². The topological polar surface area (TPSA) is 86.8 Å². The molecule has 0 radical (unpaired) electrons. The first-order valence-corrected chi connectivity index (χ1v) is 8.81. The van der Waals surface area contributed by atoms with Crippen LogP contribution in [0, 0.1) is 0 Å². The van der Waals surface area contributed by atoms with Crippen molar-refractivity contribution in [2.75, 3.05) is 26.4 Å². The summed E-state index contributed by atoms with van der Waals surface area (Å²) in [6.45, 7) is 6.96. The highest BCUT2D eigenvalue weighted by Gasteiger charge is 2.17. The number of carbonyl (C=O) groups is 2. The number of hydrogen-bond acceptors (Lipinski definition) is 6. The first-order chi connectivity index (χ1) is 12.1. The highest BCUT2D eigenvalue weighted by molar-refractivity contribution is 5.96. The van der Waals surface area contributed by atoms with Crippen molar-refractivity contribution in [3.05, 3.63) is 18.0 Å². The smallest absolute Gasteiger partial charge is 0.325 e. The lowest BCUT2D eigenvalue weighted by Crippen LogP contribution is -2.31. The maximum absolute atomic E-state index is 12.3. The number of nitrogens with zero attached hydrogens (tertiary/aromatic N) is 1. The van der Waals surface area contributed by atoms with Gasteiger partial charge in [0, 0.05) is 6.07 Å². The molecular formula is C18H28N2O5. The van der Waals surface area contributed by atoms with E-state index < -0.39 is 11.9 Å². The third kappa shape index (κ3) is 7.87. The molecule has 0 atom stereocenters. The van der Waals surface area contributed by atoms with Gasteiger partial charge in [-0.05, 0) is 19.8 Å². The van der Waals surface area contributed by atoms with Crippen LogP contribution in [-0.4, -0.2) is 43.2 Å². The van der Waals surface area contributed by atoms with Crippen LogP contribution >= 0.6 is 0 Å². The largest absolute Gasteiger partial charge is 0.492 e. The third-order valence-electron chi connectivity index (χ3n) is 3.26. The van der Waals surface area contributed by atoms with Gasteiger partial charge < -0.3 is 19.5 Å². The molecule has 0 bridgehead atoms. The van der Waals surface area contributed by atoms with Gasteiger partial charge in [-0.15, -0.1) is 0 Å². The molecule has 140 valence electrons. The minimum absolute atomic E-state index is 0.128. The normalized spacial score (nSPS) is 10.2. The van der Waals surface area contributed by atoms with Crippen LogP contribution in [-0.2, 0) is 9.53 Å². The van der Waals surface area contributed by atoms with Gasteiger partial charge in [0.25, 0.3) is 5.91 Å². The highest BCUT2D eigenvalue weighted by Crippen LogP contribution is 2.23. The lowest BCUT2D eigenvalue weighted by molar-refractivity contribution is -0.141. The first kappa shape index (κ1) is 20.7. The maximum Gasteiger partial charge on any atom is 0.325 e. The SMILES string of the molecule is CCCCOc1cnc(C(=O)NCC(=O)OCC)c(OCCCC)c1. The predicted octanol–water partition coefficient (Wildman–Crippen LogP) is 2.73. The number of amides is 1. The molecule has 1 amide bonds. The number of nitrogens with one attached hydrogen (secondary N) is 1. The molecule has 0 saturated heterocycles. The van der Waals surface area contributed by atoms with Gasteiger partial charge in [-0.25, -0.2) is 4.98 Å². The Morgan fingerprint density at radius 1 is 1.08 bits per heavy atom. The average molecular weight is 352 g/mol. The van der Waals surface area contributed by atoms with Crippen molar-refractivity contribution in [2.45, 2.75) is 46.5 Å². The number of pyridine rings is 1. The highest BCUT2D eigenvalue weighted by atomic mass is 16.5. The van der Waals surface area contributed by atoms with Crippen LogP contribution in [0.3, 0.4) is 0 Å². The molecule has 7 heteroatoms. The molecule has 0 aliphatic rings. The number of unbranched alkanes of at least 4 members (excludes halogenated alkanes) is 2. The number of carbonyl (C=O) groups excluding carboxylic acids is 2. The molecule has 0 aliphatic carbocycles. The van der Waals surface area contributed by atoms with E-state index in [2.05, 4.69) is 24.1 Å². The maximum atomic E-state index is 12.3. The van der Waals surface area contributed by atoms with Gasteiger partial charge in [0.15, 0.2) is 11.4 Å². The van der Waals surface area contributed by atoms with Crippen LogP contribution in [0.2, 0.25) is 0 Å². The molecule has 0 spiro atoms. The lowest BCUT2D eigenvalue weighted by Gasteiger charge is -2.13. The van der Waals surface area contributed by atoms with Gasteiger partial charge in [-0.1, -0.05) is 26.7 Å². The zero-order valence-electron chi connectivity index (χ0n) is 15.3. The first-order valence-electron chi connectivity index (χ1n) is 8.81. The fourth-order valence-corrected chi connectivity index (χ4v) is 1.90. The molecule has 0 aromatic carbocycles. The van der Waals surface area contributed by atoms with Crippen LogP contribution in [0.15, 0.2) is 12.3 Å². The summed E-state index contributed by atoms with van der Waals surface area (Å²) in [6.07, 6.45) is 5.30. The molecule has 1 rings (SSSR count). The molecule has 1 heterocycles. The standard InChI is InChI=1S/C18H28N2O5/c1-4-7-9-24-14-11-15(25-10-8-5-2)17(19-12-14)18(22)20-13-16(21)23-6-3/h11-12H,4-10,13H2,1-3H3,(H,20,22). The molecule has 1 aromatic rings. The summed E-state index contributed by atoms with van der Waals surface area (Å²) >= 11 is 0. The number of rotatable bonds is 12. The van der Waals surface area contributed by atoms with E-state index in [0.29, 0.717) is 24.7 Å². The van der Waals surface area contributed by atoms with E-state index >= 15 is 0 Å². The summed E-state index contributed by atoms with van der Waals surface area (Å²) in [6, 6.07) is 1.66. The Balaban J connectivity index is 2.79. The zero-order chi connectivity index (χ0) is 18.5. The van der Waals surface area contributed by atoms with Gasteiger partial charge >= 0.3 is 5.97 Å². The fourth-order valence-electron chi connectivity index (χ4n) is 1.90. The van der Waals surface area contributed by atoms with Crippen molar-refractivity contribution in [1.82, 2.24) is 10.3 Å². The Bertz CT molecular complexity index is 548. The molecule has 0 fully saturated rings. The van der Waals surface area contributed by atoms with Gasteiger partial charge in [0.1, 0.15) is 12.3 Å². The minimum Gasteiger partial charge on any atom is -0.492 e. The van der Waals surface area contributed by atoms with Crippen LogP contribution in [0.1, 0.15) is 56.9 Å². The summed E-state index contributed by atoms with van der Waals surface area (Å²) in [5.41, 5.74) is 0.128. The molecule has 25 heavy (non-hydrogen) atoms. The second-order valence-electron chi connectivity index (χ2n) is 5.41. The van der Waals surface area contributed by atoms with Crippen molar-refractivity contribution < 1.29 is 23.8 Å². The number of hydrogen-bond donors (Lipinski definition) is 1. The molecule has 0 unspecified atom stereocenters. The second kappa shape index (κ2) is 12.1. The van der Waals surface area contributed by atoms with Gasteiger partial charge in [0.05, 0.1) is 26.0 Å². The van der Waals surface area contributed by atoms with E-state index in [0.717, 1.165) is 25.7 Å². The van der Waals surface area contributed by atoms with E-state index in [1.54, 1.807) is 13.0 Å². The monoisotopic (exact) mass is 352 g/mol. The zero-order valence-corrected chi connectivity index (χ0v) is 15.3. The van der Waals surface area contributed by atoms with Crippen LogP contribution in [0.5, 0.6) is 11.5 Å². The second-order valence-corrected chi connectivity index (χ2v) is 5.41. The van der Waals surface area contributed by atoms with E-state index in [1.807, 2.05) is 0 Å². The molecule has 1 aromatic heterocycles. The predicted molar refractivity (Wildman–Crippen MR) is 94.0 cm³/mol. The molecular weight excluding hydrogens is 324 g/mol. The molecule has 1 N–H and O–H groups in total. The van der Waals surface area contributed by atoms with Crippen LogP contribution in [0.25, 0.3) is 0 Å². The Morgan fingerprint density at radius 2 is 1.76 bits per heavy atom. The van der Waals surface area contributed by atoms with E-state index in [9.17, 15) is 9.59 Å². The van der Waals surface area contributed by atoms with Gasteiger partial charge in [-0.2, -0.15) is 0 Å². The molecule has 0 aliphatic heterocycles.